The van der Waals surface area contributed by atoms with Crippen LogP contribution < -0.4 is 11.4 Å². The summed E-state index contributed by atoms with van der Waals surface area (Å²) in [6, 6.07) is 20.3. The van der Waals surface area contributed by atoms with Gasteiger partial charge in [-0.2, -0.15) is 0 Å². The van der Waals surface area contributed by atoms with Gasteiger partial charge in [0.1, 0.15) is 0 Å². The number of hydrogen-bond acceptors (Lipinski definition) is 3. The summed E-state index contributed by atoms with van der Waals surface area (Å²) < 4.78 is 4.17. The molecule has 0 unspecified atom stereocenters. The molecule has 7 heteroatoms. The van der Waals surface area contributed by atoms with Gasteiger partial charge in [0.15, 0.2) is 0 Å². The monoisotopic (exact) mass is 464 g/mol. The maximum atomic E-state index is 13.7. The maximum Gasteiger partial charge on any atom is 0.338 e. The summed E-state index contributed by atoms with van der Waals surface area (Å²) in [5, 5.41) is 1.34. The molecule has 0 aliphatic heterocycles. The molecule has 0 amide bonds. The van der Waals surface area contributed by atoms with Crippen molar-refractivity contribution < 1.29 is 0 Å². The number of halogens is 2. The third-order valence-corrected chi connectivity index (χ3v) is 5.69. The fourth-order valence-corrected chi connectivity index (χ4v) is 4.15. The van der Waals surface area contributed by atoms with E-state index in [9.17, 15) is 4.79 Å². The van der Waals surface area contributed by atoms with Crippen LogP contribution in [0.25, 0.3) is 33.3 Å². The lowest BCUT2D eigenvalue weighted by molar-refractivity contribution is 0.931. The topological polar surface area (TPSA) is 65.8 Å². The van der Waals surface area contributed by atoms with Crippen molar-refractivity contribution >= 4 is 55.2 Å². The van der Waals surface area contributed by atoms with E-state index in [1.165, 1.54) is 0 Å². The van der Waals surface area contributed by atoms with Gasteiger partial charge in [0.25, 0.3) is 0 Å². The largest absolute Gasteiger partial charge is 0.399 e. The molecule has 2 N–H and O–H groups in total. The first-order valence-corrected chi connectivity index (χ1v) is 10.0. The molecule has 2 heterocycles. The third-order valence-electron chi connectivity index (χ3n) is 4.87. The number of nitrogens with zero attached hydrogens (tertiary/aromatic N) is 3. The number of nitrogens with two attached hydrogens (primary N) is 1. The van der Waals surface area contributed by atoms with Gasteiger partial charge in [0.05, 0.1) is 39.1 Å². The molecule has 0 aliphatic rings. The first-order chi connectivity index (χ1) is 14.0. The lowest BCUT2D eigenvalue weighted by atomic mass is 10.2. The lowest BCUT2D eigenvalue weighted by Crippen LogP contribution is -2.22. The Balaban J connectivity index is 2.01. The van der Waals surface area contributed by atoms with E-state index < -0.39 is 0 Å². The number of aromatic nitrogens is 3. The van der Waals surface area contributed by atoms with Crippen LogP contribution >= 0.6 is 27.5 Å². The maximum absolute atomic E-state index is 13.7. The Morgan fingerprint density at radius 3 is 2.48 bits per heavy atom. The molecule has 0 saturated carbocycles. The van der Waals surface area contributed by atoms with E-state index in [2.05, 4.69) is 20.9 Å². The van der Waals surface area contributed by atoms with Gasteiger partial charge in [-0.3, -0.25) is 14.1 Å². The first-order valence-electron chi connectivity index (χ1n) is 8.87. The Morgan fingerprint density at radius 1 is 0.966 bits per heavy atom. The molecule has 142 valence electrons. The molecule has 2 aromatic heterocycles. The number of anilines is 1. The molecule has 0 saturated heterocycles. The summed E-state index contributed by atoms with van der Waals surface area (Å²) in [5.41, 5.74) is 9.77. The summed E-state index contributed by atoms with van der Waals surface area (Å²) in [4.78, 5) is 18.2. The highest BCUT2D eigenvalue weighted by molar-refractivity contribution is 9.10. The second-order valence-electron chi connectivity index (χ2n) is 6.65. The Bertz CT molecular complexity index is 1450. The quantitative estimate of drug-likeness (QED) is 0.358. The fourth-order valence-electron chi connectivity index (χ4n) is 3.57. The molecule has 0 spiro atoms. The smallest absolute Gasteiger partial charge is 0.338 e. The zero-order chi connectivity index (χ0) is 20.1. The van der Waals surface area contributed by atoms with Gasteiger partial charge in [-0.1, -0.05) is 39.7 Å². The summed E-state index contributed by atoms with van der Waals surface area (Å²) in [6.45, 7) is 0. The van der Waals surface area contributed by atoms with Crippen LogP contribution in [0.2, 0.25) is 5.02 Å². The third kappa shape index (κ3) is 2.84. The van der Waals surface area contributed by atoms with E-state index in [0.717, 1.165) is 20.9 Å². The number of fused-ring (bicyclic) bond motifs is 3. The van der Waals surface area contributed by atoms with E-state index in [-0.39, 0.29) is 5.69 Å². The van der Waals surface area contributed by atoms with Crippen LogP contribution in [-0.4, -0.2) is 14.1 Å². The normalized spacial score (nSPS) is 11.4. The Hall–Kier alpha value is -3.09. The fraction of sp³-hybridized carbons (Fsp3) is 0. The zero-order valence-corrected chi connectivity index (χ0v) is 17.4. The predicted molar refractivity (Wildman–Crippen MR) is 121 cm³/mol. The number of benzene rings is 3. The second-order valence-corrected chi connectivity index (χ2v) is 7.97. The van der Waals surface area contributed by atoms with Crippen molar-refractivity contribution in [3.05, 3.63) is 92.9 Å². The van der Waals surface area contributed by atoms with Crippen LogP contribution in [0.3, 0.4) is 0 Å². The summed E-state index contributed by atoms with van der Waals surface area (Å²) in [5.74, 6) is 0. The number of para-hydroxylation sites is 1. The van der Waals surface area contributed by atoms with E-state index in [1.807, 2.05) is 48.5 Å². The lowest BCUT2D eigenvalue weighted by Gasteiger charge is -2.07. The molecule has 5 rings (SSSR count). The molecule has 0 atom stereocenters. The standard InChI is InChI=1S/C22H14BrClN4O/c23-13-5-10-18-16(11-13)21-20(12-26-18)27(15-8-6-14(25)7-9-15)22(29)28(21)19-4-2-1-3-17(19)24/h1-12H,25H2. The van der Waals surface area contributed by atoms with Crippen LogP contribution in [0.4, 0.5) is 5.69 Å². The molecule has 0 radical (unpaired) electrons. The number of rotatable bonds is 2. The van der Waals surface area contributed by atoms with Crippen molar-refractivity contribution in [3.63, 3.8) is 0 Å². The van der Waals surface area contributed by atoms with E-state index >= 15 is 0 Å². The SMILES string of the molecule is Nc1ccc(-n2c(=O)n(-c3ccccc3Cl)c3c4cc(Br)ccc4ncc32)cc1. The molecular weight excluding hydrogens is 452 g/mol. The molecule has 0 aliphatic carbocycles. The van der Waals surface area contributed by atoms with Gasteiger partial charge >= 0.3 is 5.69 Å². The average molecular weight is 466 g/mol. The highest BCUT2D eigenvalue weighted by Crippen LogP contribution is 2.31. The van der Waals surface area contributed by atoms with Crippen molar-refractivity contribution in [2.24, 2.45) is 0 Å². The van der Waals surface area contributed by atoms with Crippen LogP contribution in [0.15, 0.2) is 82.2 Å². The highest BCUT2D eigenvalue weighted by atomic mass is 79.9. The van der Waals surface area contributed by atoms with Gasteiger partial charge in [-0.05, 0) is 54.6 Å². The van der Waals surface area contributed by atoms with Crippen LogP contribution in [0, 0.1) is 0 Å². The molecule has 29 heavy (non-hydrogen) atoms. The van der Waals surface area contributed by atoms with Crippen LogP contribution in [0.5, 0.6) is 0 Å². The van der Waals surface area contributed by atoms with Gasteiger partial charge in [0.2, 0.25) is 0 Å². The van der Waals surface area contributed by atoms with Gasteiger partial charge in [0, 0.05) is 15.5 Å². The van der Waals surface area contributed by atoms with Crippen molar-refractivity contribution in [1.29, 1.82) is 0 Å². The van der Waals surface area contributed by atoms with Crippen molar-refractivity contribution in [1.82, 2.24) is 14.1 Å². The Morgan fingerprint density at radius 2 is 1.72 bits per heavy atom. The molecule has 5 aromatic rings. The Kier molecular flexibility index (Phi) is 4.19. The second kappa shape index (κ2) is 6.76. The van der Waals surface area contributed by atoms with Crippen molar-refractivity contribution in [2.45, 2.75) is 0 Å². The van der Waals surface area contributed by atoms with Crippen LogP contribution in [0.1, 0.15) is 0 Å². The summed E-state index contributed by atoms with van der Waals surface area (Å²) >= 11 is 10.0. The minimum absolute atomic E-state index is 0.229. The van der Waals surface area contributed by atoms with Crippen molar-refractivity contribution in [3.8, 4) is 11.4 Å². The first kappa shape index (κ1) is 18.0. The van der Waals surface area contributed by atoms with E-state index in [4.69, 9.17) is 17.3 Å². The number of hydrogen-bond donors (Lipinski definition) is 1. The molecular formula is C22H14BrClN4O. The number of nitrogen functional groups attached to an aromatic ring is 1. The van der Waals surface area contributed by atoms with E-state index in [1.54, 1.807) is 33.5 Å². The predicted octanol–water partition coefficient (Wildman–Crippen LogP) is 5.33. The summed E-state index contributed by atoms with van der Waals surface area (Å²) in [6.07, 6.45) is 1.72. The van der Waals surface area contributed by atoms with E-state index in [0.29, 0.717) is 27.6 Å². The van der Waals surface area contributed by atoms with Gasteiger partial charge < -0.3 is 5.73 Å². The Labute approximate surface area is 179 Å². The number of imidazole rings is 1. The molecule has 0 fully saturated rings. The molecule has 0 bridgehead atoms. The minimum Gasteiger partial charge on any atom is -0.399 e. The zero-order valence-electron chi connectivity index (χ0n) is 15.0. The van der Waals surface area contributed by atoms with Crippen molar-refractivity contribution in [2.75, 3.05) is 5.73 Å². The highest BCUT2D eigenvalue weighted by Gasteiger charge is 2.20. The number of pyridine rings is 1. The van der Waals surface area contributed by atoms with Crippen LogP contribution in [-0.2, 0) is 0 Å². The van der Waals surface area contributed by atoms with Gasteiger partial charge in [-0.25, -0.2) is 4.79 Å². The summed E-state index contributed by atoms with van der Waals surface area (Å²) in [7, 11) is 0. The average Bonchev–Trinajstić information content (AvgIpc) is 3.01. The molecule has 3 aromatic carbocycles. The molecule has 5 nitrogen and oxygen atoms in total. The van der Waals surface area contributed by atoms with Gasteiger partial charge in [-0.15, -0.1) is 0 Å². The minimum atomic E-state index is -0.229.